The van der Waals surface area contributed by atoms with E-state index in [0.29, 0.717) is 0 Å². The second kappa shape index (κ2) is 3.53. The van der Waals surface area contributed by atoms with Gasteiger partial charge in [0, 0.05) is 5.56 Å². The SMILES string of the molecule is CC(C)c1c(F)ccc(C#N)c1F. The minimum Gasteiger partial charge on any atom is -0.207 e. The van der Waals surface area contributed by atoms with Gasteiger partial charge in [-0.2, -0.15) is 5.26 Å². The molecule has 0 fully saturated rings. The first-order valence-corrected chi connectivity index (χ1v) is 3.96. The van der Waals surface area contributed by atoms with E-state index in [1.807, 2.05) is 0 Å². The summed E-state index contributed by atoms with van der Waals surface area (Å²) in [5.74, 6) is -1.59. The Balaban J connectivity index is 3.41. The van der Waals surface area contributed by atoms with Crippen molar-refractivity contribution in [3.63, 3.8) is 0 Å². The summed E-state index contributed by atoms with van der Waals surface area (Å²) in [5, 5.41) is 8.50. The maximum atomic E-state index is 13.3. The fourth-order valence-electron chi connectivity index (χ4n) is 1.18. The Morgan fingerprint density at radius 1 is 1.31 bits per heavy atom. The molecule has 0 aromatic heterocycles. The van der Waals surface area contributed by atoms with Gasteiger partial charge in [-0.3, -0.25) is 0 Å². The molecule has 1 aromatic rings. The summed E-state index contributed by atoms with van der Waals surface area (Å²) in [6.45, 7) is 3.37. The molecule has 0 aliphatic heterocycles. The summed E-state index contributed by atoms with van der Waals surface area (Å²) in [6, 6.07) is 3.95. The quantitative estimate of drug-likeness (QED) is 0.653. The summed E-state index contributed by atoms with van der Waals surface area (Å²) in [5.41, 5.74) is -0.121. The topological polar surface area (TPSA) is 23.8 Å². The van der Waals surface area contributed by atoms with Crippen LogP contribution in [0.25, 0.3) is 0 Å². The normalized spacial score (nSPS) is 10.2. The molecule has 0 radical (unpaired) electrons. The number of hydrogen-bond donors (Lipinski definition) is 0. The van der Waals surface area contributed by atoms with Crippen LogP contribution in [0.15, 0.2) is 12.1 Å². The highest BCUT2D eigenvalue weighted by molar-refractivity contribution is 5.37. The van der Waals surface area contributed by atoms with Crippen molar-refractivity contribution in [3.05, 3.63) is 34.9 Å². The molecule has 1 aromatic carbocycles. The van der Waals surface area contributed by atoms with Crippen LogP contribution in [-0.4, -0.2) is 0 Å². The van der Waals surface area contributed by atoms with E-state index in [1.54, 1.807) is 19.9 Å². The zero-order valence-electron chi connectivity index (χ0n) is 7.44. The van der Waals surface area contributed by atoms with Crippen molar-refractivity contribution < 1.29 is 8.78 Å². The van der Waals surface area contributed by atoms with Crippen molar-refractivity contribution >= 4 is 0 Å². The van der Waals surface area contributed by atoms with E-state index >= 15 is 0 Å². The van der Waals surface area contributed by atoms with Crippen LogP contribution in [0.5, 0.6) is 0 Å². The Kier molecular flexibility index (Phi) is 2.62. The maximum absolute atomic E-state index is 13.3. The van der Waals surface area contributed by atoms with Gasteiger partial charge in [0.15, 0.2) is 0 Å². The van der Waals surface area contributed by atoms with Crippen LogP contribution >= 0.6 is 0 Å². The minimum absolute atomic E-state index is 0.0148. The molecule has 0 aliphatic carbocycles. The van der Waals surface area contributed by atoms with Crippen LogP contribution in [-0.2, 0) is 0 Å². The number of halogens is 2. The lowest BCUT2D eigenvalue weighted by molar-refractivity contribution is 0.539. The van der Waals surface area contributed by atoms with Gasteiger partial charge in [-0.1, -0.05) is 13.8 Å². The third-order valence-corrected chi connectivity index (χ3v) is 1.82. The van der Waals surface area contributed by atoms with Crippen molar-refractivity contribution in [1.29, 1.82) is 5.26 Å². The van der Waals surface area contributed by atoms with Crippen molar-refractivity contribution in [2.45, 2.75) is 19.8 Å². The van der Waals surface area contributed by atoms with Gasteiger partial charge < -0.3 is 0 Å². The molecule has 13 heavy (non-hydrogen) atoms. The highest BCUT2D eigenvalue weighted by atomic mass is 19.1. The smallest absolute Gasteiger partial charge is 0.147 e. The summed E-state index contributed by atoms with van der Waals surface area (Å²) in [7, 11) is 0. The van der Waals surface area contributed by atoms with E-state index in [2.05, 4.69) is 0 Å². The molecule has 0 spiro atoms. The van der Waals surface area contributed by atoms with Crippen LogP contribution in [0.2, 0.25) is 0 Å². The number of nitriles is 1. The van der Waals surface area contributed by atoms with Crippen LogP contribution in [0, 0.1) is 23.0 Å². The summed E-state index contributed by atoms with van der Waals surface area (Å²) in [6.07, 6.45) is 0. The van der Waals surface area contributed by atoms with E-state index < -0.39 is 11.6 Å². The lowest BCUT2D eigenvalue weighted by atomic mass is 9.99. The van der Waals surface area contributed by atoms with E-state index in [0.717, 1.165) is 12.1 Å². The summed E-state index contributed by atoms with van der Waals surface area (Å²) < 4.78 is 26.4. The van der Waals surface area contributed by atoms with Gasteiger partial charge in [-0.05, 0) is 18.1 Å². The Labute approximate surface area is 75.6 Å². The Morgan fingerprint density at radius 2 is 1.92 bits per heavy atom. The third-order valence-electron chi connectivity index (χ3n) is 1.82. The molecule has 1 rings (SSSR count). The molecular formula is C10H9F2N. The first-order valence-electron chi connectivity index (χ1n) is 3.96. The van der Waals surface area contributed by atoms with E-state index in [4.69, 9.17) is 5.26 Å². The van der Waals surface area contributed by atoms with Crippen LogP contribution in [0.4, 0.5) is 8.78 Å². The van der Waals surface area contributed by atoms with E-state index in [1.165, 1.54) is 0 Å². The lowest BCUT2D eigenvalue weighted by Crippen LogP contribution is -2.00. The molecule has 0 aliphatic rings. The van der Waals surface area contributed by atoms with Crippen LogP contribution in [0.1, 0.15) is 30.9 Å². The predicted molar refractivity (Wildman–Crippen MR) is 45.2 cm³/mol. The average Bonchev–Trinajstić information content (AvgIpc) is 2.04. The fraction of sp³-hybridized carbons (Fsp3) is 0.300. The zero-order valence-corrected chi connectivity index (χ0v) is 7.44. The van der Waals surface area contributed by atoms with Gasteiger partial charge in [0.1, 0.15) is 17.7 Å². The van der Waals surface area contributed by atoms with E-state index in [9.17, 15) is 8.78 Å². The minimum atomic E-state index is -0.738. The molecule has 0 N–H and O–H groups in total. The summed E-state index contributed by atoms with van der Waals surface area (Å²) in [4.78, 5) is 0. The van der Waals surface area contributed by atoms with Crippen molar-refractivity contribution in [2.75, 3.05) is 0 Å². The van der Waals surface area contributed by atoms with E-state index in [-0.39, 0.29) is 17.0 Å². The maximum Gasteiger partial charge on any atom is 0.147 e. The first-order chi connectivity index (χ1) is 6.07. The van der Waals surface area contributed by atoms with Gasteiger partial charge >= 0.3 is 0 Å². The third kappa shape index (κ3) is 1.67. The number of nitrogens with zero attached hydrogens (tertiary/aromatic N) is 1. The molecule has 0 bridgehead atoms. The molecule has 0 saturated heterocycles. The Hall–Kier alpha value is -1.43. The largest absolute Gasteiger partial charge is 0.207 e. The molecular weight excluding hydrogens is 172 g/mol. The molecule has 68 valence electrons. The Morgan fingerprint density at radius 3 is 2.38 bits per heavy atom. The average molecular weight is 181 g/mol. The highest BCUT2D eigenvalue weighted by Gasteiger charge is 2.15. The lowest BCUT2D eigenvalue weighted by Gasteiger charge is -2.08. The molecule has 3 heteroatoms. The van der Waals surface area contributed by atoms with Crippen molar-refractivity contribution in [2.24, 2.45) is 0 Å². The second-order valence-electron chi connectivity index (χ2n) is 3.09. The van der Waals surface area contributed by atoms with Gasteiger partial charge in [0.2, 0.25) is 0 Å². The van der Waals surface area contributed by atoms with Gasteiger partial charge in [-0.15, -0.1) is 0 Å². The monoisotopic (exact) mass is 181 g/mol. The van der Waals surface area contributed by atoms with Crippen molar-refractivity contribution in [1.82, 2.24) is 0 Å². The number of benzene rings is 1. The molecule has 0 heterocycles. The molecule has 0 unspecified atom stereocenters. The standard InChI is InChI=1S/C10H9F2N/c1-6(2)9-8(11)4-3-7(5-13)10(9)12/h3-4,6H,1-2H3. The molecule has 1 nitrogen and oxygen atoms in total. The molecule has 0 amide bonds. The number of rotatable bonds is 1. The predicted octanol–water partition coefficient (Wildman–Crippen LogP) is 2.96. The molecule has 0 saturated carbocycles. The summed E-state index contributed by atoms with van der Waals surface area (Å²) >= 11 is 0. The van der Waals surface area contributed by atoms with Gasteiger partial charge in [-0.25, -0.2) is 8.78 Å². The molecule has 0 atom stereocenters. The van der Waals surface area contributed by atoms with Crippen molar-refractivity contribution in [3.8, 4) is 6.07 Å². The van der Waals surface area contributed by atoms with Crippen LogP contribution < -0.4 is 0 Å². The van der Waals surface area contributed by atoms with Crippen LogP contribution in [0.3, 0.4) is 0 Å². The zero-order chi connectivity index (χ0) is 10.0. The second-order valence-corrected chi connectivity index (χ2v) is 3.09. The van der Waals surface area contributed by atoms with Gasteiger partial charge in [0.05, 0.1) is 5.56 Å². The highest BCUT2D eigenvalue weighted by Crippen LogP contribution is 2.23. The van der Waals surface area contributed by atoms with Gasteiger partial charge in [0.25, 0.3) is 0 Å². The number of hydrogen-bond acceptors (Lipinski definition) is 1. The first kappa shape index (κ1) is 9.66. The fourth-order valence-corrected chi connectivity index (χ4v) is 1.18. The Bertz CT molecular complexity index is 364.